The minimum absolute atomic E-state index is 0.0481. The van der Waals surface area contributed by atoms with Crippen LogP contribution in [-0.2, 0) is 9.59 Å². The molecule has 1 heterocycles. The van der Waals surface area contributed by atoms with E-state index < -0.39 is 6.04 Å². The van der Waals surface area contributed by atoms with E-state index in [1.54, 1.807) is 0 Å². The summed E-state index contributed by atoms with van der Waals surface area (Å²) in [6.45, 7) is 2.20. The van der Waals surface area contributed by atoms with E-state index in [0.717, 1.165) is 31.5 Å². The van der Waals surface area contributed by atoms with Crippen LogP contribution in [0, 0.1) is 11.8 Å². The lowest BCUT2D eigenvalue weighted by Gasteiger charge is -2.36. The summed E-state index contributed by atoms with van der Waals surface area (Å²) in [7, 11) is 0. The van der Waals surface area contributed by atoms with Gasteiger partial charge in [0.05, 0.1) is 5.92 Å². The number of piperidine rings is 1. The summed E-state index contributed by atoms with van der Waals surface area (Å²) in [5.41, 5.74) is 6.55. The number of likely N-dealkylation sites (tertiary alicyclic amines) is 1. The molecular formula is C18H25N3O2. The number of benzene rings is 1. The average Bonchev–Trinajstić information content (AvgIpc) is 3.38. The summed E-state index contributed by atoms with van der Waals surface area (Å²) in [5, 5.41) is 3.06. The van der Waals surface area contributed by atoms with Crippen molar-refractivity contribution in [1.82, 2.24) is 10.2 Å². The quantitative estimate of drug-likeness (QED) is 0.834. The molecule has 1 aliphatic heterocycles. The molecule has 2 fully saturated rings. The summed E-state index contributed by atoms with van der Waals surface area (Å²) < 4.78 is 0. The molecule has 1 saturated carbocycles. The number of carbonyl (C=O) groups excluding carboxylic acids is 2. The maximum absolute atomic E-state index is 12.4. The molecule has 2 amide bonds. The van der Waals surface area contributed by atoms with Gasteiger partial charge in [0.1, 0.15) is 6.04 Å². The maximum Gasteiger partial charge on any atom is 0.239 e. The van der Waals surface area contributed by atoms with Crippen LogP contribution in [-0.4, -0.2) is 36.3 Å². The molecule has 0 unspecified atom stereocenters. The number of carbonyl (C=O) groups is 2. The van der Waals surface area contributed by atoms with Gasteiger partial charge in [0.2, 0.25) is 11.8 Å². The van der Waals surface area contributed by atoms with Crippen LogP contribution in [0.2, 0.25) is 0 Å². The van der Waals surface area contributed by atoms with Gasteiger partial charge < -0.3 is 11.1 Å². The topological polar surface area (TPSA) is 75.4 Å². The molecule has 124 valence electrons. The first-order valence-electron chi connectivity index (χ1n) is 8.51. The van der Waals surface area contributed by atoms with E-state index in [1.807, 2.05) is 30.3 Å². The van der Waals surface area contributed by atoms with Gasteiger partial charge >= 0.3 is 0 Å². The number of nitrogens with one attached hydrogen (secondary N) is 1. The third-order valence-electron chi connectivity index (χ3n) is 4.84. The molecule has 1 aliphatic carbocycles. The molecule has 2 aliphatic rings. The fourth-order valence-corrected chi connectivity index (χ4v) is 3.36. The summed E-state index contributed by atoms with van der Waals surface area (Å²) in [6.07, 6.45) is 4.26. The van der Waals surface area contributed by atoms with Crippen LogP contribution in [0.5, 0.6) is 0 Å². The second-order valence-electron chi connectivity index (χ2n) is 6.74. The monoisotopic (exact) mass is 315 g/mol. The number of nitrogens with zero attached hydrogens (tertiary/aromatic N) is 1. The first-order valence-corrected chi connectivity index (χ1v) is 8.51. The Labute approximate surface area is 137 Å². The molecule has 5 heteroatoms. The Morgan fingerprint density at radius 2 is 1.96 bits per heavy atom. The first kappa shape index (κ1) is 16.0. The van der Waals surface area contributed by atoms with E-state index in [4.69, 9.17) is 5.73 Å². The minimum Gasteiger partial charge on any atom is -0.368 e. The highest BCUT2D eigenvalue weighted by Gasteiger charge is 2.33. The Morgan fingerprint density at radius 3 is 2.61 bits per heavy atom. The maximum atomic E-state index is 12.4. The molecule has 5 nitrogen and oxygen atoms in total. The number of amides is 2. The van der Waals surface area contributed by atoms with Crippen molar-refractivity contribution < 1.29 is 9.59 Å². The van der Waals surface area contributed by atoms with Gasteiger partial charge in [-0.15, -0.1) is 0 Å². The number of hydrogen-bond donors (Lipinski definition) is 2. The summed E-state index contributed by atoms with van der Waals surface area (Å²) in [4.78, 5) is 26.4. The largest absolute Gasteiger partial charge is 0.368 e. The third-order valence-corrected chi connectivity index (χ3v) is 4.84. The van der Waals surface area contributed by atoms with E-state index in [-0.39, 0.29) is 17.7 Å². The zero-order valence-corrected chi connectivity index (χ0v) is 13.4. The van der Waals surface area contributed by atoms with E-state index in [2.05, 4.69) is 10.2 Å². The van der Waals surface area contributed by atoms with Crippen LogP contribution >= 0.6 is 0 Å². The van der Waals surface area contributed by atoms with E-state index in [1.165, 1.54) is 12.8 Å². The Balaban J connectivity index is 1.65. The average molecular weight is 315 g/mol. The molecule has 3 N–H and O–H groups in total. The Bertz CT molecular complexity index is 557. The molecular weight excluding hydrogens is 290 g/mol. The van der Waals surface area contributed by atoms with E-state index in [9.17, 15) is 9.59 Å². The Morgan fingerprint density at radius 1 is 1.22 bits per heavy atom. The minimum atomic E-state index is -0.449. The predicted molar refractivity (Wildman–Crippen MR) is 88.4 cm³/mol. The van der Waals surface area contributed by atoms with Crippen molar-refractivity contribution in [1.29, 1.82) is 0 Å². The van der Waals surface area contributed by atoms with Crippen molar-refractivity contribution in [3.05, 3.63) is 35.9 Å². The number of nitrogens with two attached hydrogens (primary N) is 1. The van der Waals surface area contributed by atoms with Crippen LogP contribution in [0.1, 0.15) is 37.3 Å². The molecule has 0 spiro atoms. The van der Waals surface area contributed by atoms with Crippen molar-refractivity contribution >= 4 is 11.8 Å². The SMILES string of the molecule is NC(=O)[C@H](c1ccccc1)N1CCC[C@H](C(=O)NCC2CC2)C1. The van der Waals surface area contributed by atoms with E-state index in [0.29, 0.717) is 12.5 Å². The Kier molecular flexibility index (Phi) is 4.96. The van der Waals surface area contributed by atoms with Crippen molar-refractivity contribution in [2.75, 3.05) is 19.6 Å². The lowest BCUT2D eigenvalue weighted by molar-refractivity contribution is -0.130. The van der Waals surface area contributed by atoms with Crippen molar-refractivity contribution in [2.45, 2.75) is 31.7 Å². The van der Waals surface area contributed by atoms with E-state index >= 15 is 0 Å². The second kappa shape index (κ2) is 7.13. The molecule has 1 aromatic rings. The van der Waals surface area contributed by atoms with Crippen molar-refractivity contribution in [2.24, 2.45) is 17.6 Å². The zero-order chi connectivity index (χ0) is 16.2. The molecule has 2 atom stereocenters. The van der Waals surface area contributed by atoms with Gasteiger partial charge in [0.15, 0.2) is 0 Å². The normalized spacial score (nSPS) is 23.2. The highest BCUT2D eigenvalue weighted by Crippen LogP contribution is 2.29. The number of primary amides is 1. The number of hydrogen-bond acceptors (Lipinski definition) is 3. The molecule has 1 aromatic carbocycles. The van der Waals surface area contributed by atoms with Crippen LogP contribution in [0.4, 0.5) is 0 Å². The smallest absolute Gasteiger partial charge is 0.239 e. The Hall–Kier alpha value is -1.88. The highest BCUT2D eigenvalue weighted by atomic mass is 16.2. The summed E-state index contributed by atoms with van der Waals surface area (Å²) >= 11 is 0. The van der Waals surface area contributed by atoms with Crippen LogP contribution in [0.15, 0.2) is 30.3 Å². The fourth-order valence-electron chi connectivity index (χ4n) is 3.36. The molecule has 23 heavy (non-hydrogen) atoms. The second-order valence-corrected chi connectivity index (χ2v) is 6.74. The summed E-state index contributed by atoms with van der Waals surface area (Å²) in [5.74, 6) is 0.405. The first-order chi connectivity index (χ1) is 11.1. The highest BCUT2D eigenvalue weighted by molar-refractivity contribution is 5.82. The van der Waals surface area contributed by atoms with Gasteiger partial charge in [0.25, 0.3) is 0 Å². The van der Waals surface area contributed by atoms with Crippen LogP contribution in [0.25, 0.3) is 0 Å². The van der Waals surface area contributed by atoms with Gasteiger partial charge in [-0.05, 0) is 43.7 Å². The lowest BCUT2D eigenvalue weighted by atomic mass is 9.93. The molecule has 0 aromatic heterocycles. The van der Waals surface area contributed by atoms with Crippen LogP contribution < -0.4 is 11.1 Å². The van der Waals surface area contributed by atoms with Crippen molar-refractivity contribution in [3.8, 4) is 0 Å². The standard InChI is InChI=1S/C18H25N3O2/c19-17(22)16(14-5-2-1-3-6-14)21-10-4-7-15(12-21)18(23)20-11-13-8-9-13/h1-3,5-6,13,15-16H,4,7-12H2,(H2,19,22)(H,20,23)/t15-,16-/m0/s1. The predicted octanol–water partition coefficient (Wildman–Crippen LogP) is 1.45. The van der Waals surface area contributed by atoms with Crippen LogP contribution in [0.3, 0.4) is 0 Å². The molecule has 0 bridgehead atoms. The van der Waals surface area contributed by atoms with Gasteiger partial charge in [-0.1, -0.05) is 30.3 Å². The van der Waals surface area contributed by atoms with Gasteiger partial charge in [-0.25, -0.2) is 0 Å². The van der Waals surface area contributed by atoms with Gasteiger partial charge in [-0.3, -0.25) is 14.5 Å². The lowest BCUT2D eigenvalue weighted by Crippen LogP contribution is -2.47. The third kappa shape index (κ3) is 4.10. The zero-order valence-electron chi connectivity index (χ0n) is 13.4. The molecule has 3 rings (SSSR count). The molecule has 0 radical (unpaired) electrons. The van der Waals surface area contributed by atoms with Crippen molar-refractivity contribution in [3.63, 3.8) is 0 Å². The van der Waals surface area contributed by atoms with Gasteiger partial charge in [-0.2, -0.15) is 0 Å². The summed E-state index contributed by atoms with van der Waals surface area (Å²) in [6, 6.07) is 9.14. The number of rotatable bonds is 6. The fraction of sp³-hybridized carbons (Fsp3) is 0.556. The van der Waals surface area contributed by atoms with Gasteiger partial charge in [0, 0.05) is 13.1 Å². The molecule has 1 saturated heterocycles.